The van der Waals surface area contributed by atoms with Crippen LogP contribution in [0.15, 0.2) is 71.3 Å². The molecule has 32 heavy (non-hydrogen) atoms. The van der Waals surface area contributed by atoms with Crippen LogP contribution in [0.1, 0.15) is 21.9 Å². The average molecular weight is 431 g/mol. The van der Waals surface area contributed by atoms with E-state index in [1.54, 1.807) is 43.1 Å². The van der Waals surface area contributed by atoms with Crippen molar-refractivity contribution in [2.45, 2.75) is 13.5 Å². The van der Waals surface area contributed by atoms with Crippen LogP contribution in [-0.2, 0) is 6.54 Å². The molecule has 7 nitrogen and oxygen atoms in total. The second-order valence-electron chi connectivity index (χ2n) is 7.41. The summed E-state index contributed by atoms with van der Waals surface area (Å²) in [6.07, 6.45) is 1.76. The maximum atomic E-state index is 13.4. The lowest BCUT2D eigenvalue weighted by Gasteiger charge is -2.16. The summed E-state index contributed by atoms with van der Waals surface area (Å²) in [6, 6.07) is 18.9. The number of nitrogens with zero attached hydrogens (tertiary/aromatic N) is 3. The molecular formula is C25H25N3O4. The van der Waals surface area contributed by atoms with E-state index in [2.05, 4.69) is 0 Å². The van der Waals surface area contributed by atoms with E-state index >= 15 is 0 Å². The number of carbonyl (C=O) groups is 1. The Balaban J connectivity index is 1.76. The molecule has 0 aliphatic rings. The molecule has 0 unspecified atom stereocenters. The predicted molar refractivity (Wildman–Crippen MR) is 121 cm³/mol. The Labute approximate surface area is 186 Å². The zero-order valence-corrected chi connectivity index (χ0v) is 18.5. The van der Waals surface area contributed by atoms with Crippen molar-refractivity contribution in [3.8, 4) is 28.4 Å². The summed E-state index contributed by atoms with van der Waals surface area (Å²) in [7, 11) is 4.91. The summed E-state index contributed by atoms with van der Waals surface area (Å²) in [5.41, 5.74) is 2.65. The summed E-state index contributed by atoms with van der Waals surface area (Å²) in [5, 5.41) is 4.75. The molecule has 4 rings (SSSR count). The van der Waals surface area contributed by atoms with Crippen molar-refractivity contribution in [2.75, 3.05) is 21.3 Å². The quantitative estimate of drug-likeness (QED) is 0.423. The molecule has 0 aliphatic carbocycles. The predicted octanol–water partition coefficient (Wildman–Crippen LogP) is 4.73. The highest BCUT2D eigenvalue weighted by Crippen LogP contribution is 2.34. The van der Waals surface area contributed by atoms with Crippen molar-refractivity contribution >= 4 is 5.91 Å². The van der Waals surface area contributed by atoms with Crippen LogP contribution in [0.3, 0.4) is 0 Å². The van der Waals surface area contributed by atoms with E-state index in [1.807, 2.05) is 61.5 Å². The topological polar surface area (TPSA) is 69.7 Å². The minimum Gasteiger partial charge on any atom is -0.493 e. The highest BCUT2D eigenvalue weighted by Gasteiger charge is 2.23. The van der Waals surface area contributed by atoms with Crippen LogP contribution in [0, 0.1) is 6.92 Å². The summed E-state index contributed by atoms with van der Waals surface area (Å²) >= 11 is 0. The molecule has 0 saturated carbocycles. The van der Waals surface area contributed by atoms with E-state index in [9.17, 15) is 4.79 Å². The molecule has 7 heteroatoms. The first-order chi connectivity index (χ1) is 15.5. The van der Waals surface area contributed by atoms with Crippen LogP contribution in [0.4, 0.5) is 0 Å². The summed E-state index contributed by atoms with van der Waals surface area (Å²) in [4.78, 5) is 15.1. The van der Waals surface area contributed by atoms with Gasteiger partial charge in [0.1, 0.15) is 17.2 Å². The zero-order valence-electron chi connectivity index (χ0n) is 18.5. The van der Waals surface area contributed by atoms with Gasteiger partial charge in [-0.1, -0.05) is 18.2 Å². The van der Waals surface area contributed by atoms with Gasteiger partial charge in [0.25, 0.3) is 5.91 Å². The second-order valence-corrected chi connectivity index (χ2v) is 7.41. The first-order valence-corrected chi connectivity index (χ1v) is 10.2. The van der Waals surface area contributed by atoms with Gasteiger partial charge < -0.3 is 18.8 Å². The third kappa shape index (κ3) is 4.23. The summed E-state index contributed by atoms with van der Waals surface area (Å²) in [6.45, 7) is 2.24. The molecule has 2 aromatic heterocycles. The third-order valence-electron chi connectivity index (χ3n) is 5.16. The first-order valence-electron chi connectivity index (χ1n) is 10.2. The maximum absolute atomic E-state index is 13.4. The fourth-order valence-corrected chi connectivity index (χ4v) is 3.52. The van der Waals surface area contributed by atoms with Gasteiger partial charge in [-0.2, -0.15) is 5.10 Å². The Kier molecular flexibility index (Phi) is 5.98. The number of hydrogen-bond acceptors (Lipinski definition) is 5. The van der Waals surface area contributed by atoms with Crippen LogP contribution in [0.5, 0.6) is 11.5 Å². The molecule has 2 heterocycles. The van der Waals surface area contributed by atoms with Crippen molar-refractivity contribution in [1.29, 1.82) is 0 Å². The molecule has 0 atom stereocenters. The molecule has 4 aromatic rings. The van der Waals surface area contributed by atoms with E-state index in [1.165, 1.54) is 0 Å². The highest BCUT2D eigenvalue weighted by molar-refractivity contribution is 6.00. The number of furan rings is 1. The Bertz CT molecular complexity index is 1230. The van der Waals surface area contributed by atoms with Crippen molar-refractivity contribution < 1.29 is 18.7 Å². The summed E-state index contributed by atoms with van der Waals surface area (Å²) < 4.78 is 18.2. The molecule has 0 bridgehead atoms. The van der Waals surface area contributed by atoms with Crippen molar-refractivity contribution in [3.05, 3.63) is 83.9 Å². The summed E-state index contributed by atoms with van der Waals surface area (Å²) in [5.74, 6) is 2.55. The Hall–Kier alpha value is -4.00. The number of rotatable bonds is 7. The van der Waals surface area contributed by atoms with Crippen molar-refractivity contribution in [3.63, 3.8) is 0 Å². The van der Waals surface area contributed by atoms with Gasteiger partial charge in [0.15, 0.2) is 11.5 Å². The monoisotopic (exact) mass is 431 g/mol. The van der Waals surface area contributed by atoms with Gasteiger partial charge >= 0.3 is 0 Å². The van der Waals surface area contributed by atoms with Gasteiger partial charge in [0, 0.05) is 18.8 Å². The average Bonchev–Trinajstić information content (AvgIpc) is 3.45. The number of carbonyl (C=O) groups excluding carboxylic acids is 1. The van der Waals surface area contributed by atoms with E-state index in [0.29, 0.717) is 29.3 Å². The number of hydrogen-bond donors (Lipinski definition) is 0. The molecule has 164 valence electrons. The van der Waals surface area contributed by atoms with Crippen molar-refractivity contribution in [2.24, 2.45) is 0 Å². The SMILES string of the molecule is COc1ccc(-c2nn(-c3ccccc3)cc2C(=O)N(C)Cc2ccc(C)o2)cc1OC. The lowest BCUT2D eigenvalue weighted by Crippen LogP contribution is -2.26. The maximum Gasteiger partial charge on any atom is 0.257 e. The number of para-hydroxylation sites is 1. The number of aromatic nitrogens is 2. The smallest absolute Gasteiger partial charge is 0.257 e. The molecule has 0 N–H and O–H groups in total. The molecular weight excluding hydrogens is 406 g/mol. The highest BCUT2D eigenvalue weighted by atomic mass is 16.5. The lowest BCUT2D eigenvalue weighted by atomic mass is 10.1. The number of benzene rings is 2. The number of methoxy groups -OCH3 is 2. The second kappa shape index (κ2) is 9.01. The number of aryl methyl sites for hydroxylation is 1. The van der Waals surface area contributed by atoms with Crippen LogP contribution in [0.25, 0.3) is 16.9 Å². The molecule has 0 spiro atoms. The molecule has 0 saturated heterocycles. The van der Waals surface area contributed by atoms with Crippen LogP contribution in [0.2, 0.25) is 0 Å². The van der Waals surface area contributed by atoms with Gasteiger partial charge in [-0.25, -0.2) is 4.68 Å². The molecule has 2 aromatic carbocycles. The van der Waals surface area contributed by atoms with Gasteiger partial charge in [-0.05, 0) is 49.4 Å². The van der Waals surface area contributed by atoms with Crippen LogP contribution in [-0.4, -0.2) is 41.9 Å². The van der Waals surface area contributed by atoms with E-state index in [4.69, 9.17) is 19.0 Å². The normalized spacial score (nSPS) is 10.8. The molecule has 0 radical (unpaired) electrons. The fraction of sp³-hybridized carbons (Fsp3) is 0.200. The molecule has 0 aliphatic heterocycles. The van der Waals surface area contributed by atoms with Gasteiger partial charge in [0.05, 0.1) is 32.0 Å². The standard InChI is InChI=1S/C25H25N3O4/c1-17-10-12-20(32-17)15-27(2)25(29)21-16-28(19-8-6-5-7-9-19)26-24(21)18-11-13-22(30-3)23(14-18)31-4/h5-14,16H,15H2,1-4H3. The third-order valence-corrected chi connectivity index (χ3v) is 5.16. The number of amides is 1. The number of ether oxygens (including phenoxy) is 2. The van der Waals surface area contributed by atoms with Crippen LogP contribution < -0.4 is 9.47 Å². The largest absolute Gasteiger partial charge is 0.493 e. The lowest BCUT2D eigenvalue weighted by molar-refractivity contribution is 0.0775. The minimum absolute atomic E-state index is 0.161. The van der Waals surface area contributed by atoms with E-state index in [0.717, 1.165) is 22.8 Å². The Morgan fingerprint density at radius 1 is 1.03 bits per heavy atom. The molecule has 1 amide bonds. The Morgan fingerprint density at radius 3 is 2.44 bits per heavy atom. The van der Waals surface area contributed by atoms with Gasteiger partial charge in [-0.15, -0.1) is 0 Å². The van der Waals surface area contributed by atoms with E-state index < -0.39 is 0 Å². The first kappa shape index (κ1) is 21.2. The Morgan fingerprint density at radius 2 is 1.78 bits per heavy atom. The van der Waals surface area contributed by atoms with Gasteiger partial charge in [-0.3, -0.25) is 4.79 Å². The zero-order chi connectivity index (χ0) is 22.7. The fourth-order valence-electron chi connectivity index (χ4n) is 3.52. The van der Waals surface area contributed by atoms with Gasteiger partial charge in [0.2, 0.25) is 0 Å². The van der Waals surface area contributed by atoms with E-state index in [-0.39, 0.29) is 5.91 Å². The minimum atomic E-state index is -0.161. The molecule has 0 fully saturated rings. The van der Waals surface area contributed by atoms with Crippen molar-refractivity contribution in [1.82, 2.24) is 14.7 Å². The van der Waals surface area contributed by atoms with Crippen LogP contribution >= 0.6 is 0 Å².